The zero-order chi connectivity index (χ0) is 9.84. The van der Waals surface area contributed by atoms with E-state index in [0.29, 0.717) is 5.82 Å². The molecule has 0 saturated carbocycles. The highest BCUT2D eigenvalue weighted by Crippen LogP contribution is 2.15. The van der Waals surface area contributed by atoms with Crippen molar-refractivity contribution >= 4 is 11.7 Å². The number of nitrogens with zero attached hydrogens (tertiary/aromatic N) is 1. The maximum absolute atomic E-state index is 11.2. The van der Waals surface area contributed by atoms with Gasteiger partial charge in [0.1, 0.15) is 0 Å². The highest BCUT2D eigenvalue weighted by atomic mass is 16.6. The van der Waals surface area contributed by atoms with E-state index in [4.69, 9.17) is 9.26 Å². The molecule has 1 N–H and O–H groups in total. The second-order valence-electron chi connectivity index (χ2n) is 2.88. The van der Waals surface area contributed by atoms with E-state index < -0.39 is 0 Å². The predicted molar refractivity (Wildman–Crippen MR) is 46.5 cm³/mol. The molecule has 1 heterocycles. The van der Waals surface area contributed by atoms with Crippen molar-refractivity contribution in [2.75, 3.05) is 12.4 Å². The van der Waals surface area contributed by atoms with Crippen molar-refractivity contribution in [3.8, 4) is 5.95 Å². The first-order chi connectivity index (χ1) is 6.13. The van der Waals surface area contributed by atoms with Crippen LogP contribution in [0.4, 0.5) is 5.82 Å². The van der Waals surface area contributed by atoms with Gasteiger partial charge in [-0.15, -0.1) is 0 Å². The molecule has 1 aromatic rings. The molecule has 0 aliphatic carbocycles. The molecule has 1 aromatic heterocycles. The van der Waals surface area contributed by atoms with Crippen LogP contribution in [0.5, 0.6) is 5.95 Å². The number of anilines is 1. The molecule has 0 atom stereocenters. The van der Waals surface area contributed by atoms with E-state index in [2.05, 4.69) is 10.5 Å². The zero-order valence-corrected chi connectivity index (χ0v) is 7.83. The molecule has 5 heteroatoms. The van der Waals surface area contributed by atoms with Gasteiger partial charge in [-0.1, -0.05) is 19.0 Å². The number of aromatic nitrogens is 1. The summed E-state index contributed by atoms with van der Waals surface area (Å²) in [6.07, 6.45) is 0. The van der Waals surface area contributed by atoms with Gasteiger partial charge in [-0.3, -0.25) is 4.79 Å². The fourth-order valence-corrected chi connectivity index (χ4v) is 0.684. The van der Waals surface area contributed by atoms with Crippen LogP contribution in [0, 0.1) is 5.92 Å². The minimum Gasteiger partial charge on any atom is -0.467 e. The largest absolute Gasteiger partial charge is 0.467 e. The van der Waals surface area contributed by atoms with E-state index >= 15 is 0 Å². The number of carbonyl (C=O) groups excluding carboxylic acids is 1. The fourth-order valence-electron chi connectivity index (χ4n) is 0.684. The van der Waals surface area contributed by atoms with E-state index in [0.717, 1.165) is 0 Å². The van der Waals surface area contributed by atoms with Gasteiger partial charge in [0.05, 0.1) is 13.2 Å². The number of carbonyl (C=O) groups is 1. The van der Waals surface area contributed by atoms with E-state index in [1.165, 1.54) is 13.2 Å². The van der Waals surface area contributed by atoms with Crippen molar-refractivity contribution in [1.82, 2.24) is 5.16 Å². The van der Waals surface area contributed by atoms with Crippen LogP contribution < -0.4 is 10.1 Å². The molecular formula is C8H12N2O3. The Labute approximate surface area is 76.0 Å². The van der Waals surface area contributed by atoms with Crippen LogP contribution in [0.3, 0.4) is 0 Å². The minimum atomic E-state index is -0.101. The summed E-state index contributed by atoms with van der Waals surface area (Å²) < 4.78 is 9.46. The van der Waals surface area contributed by atoms with Gasteiger partial charge in [0.25, 0.3) is 0 Å². The van der Waals surface area contributed by atoms with Crippen molar-refractivity contribution in [1.29, 1.82) is 0 Å². The molecule has 72 valence electrons. The van der Waals surface area contributed by atoms with Crippen LogP contribution in [0.15, 0.2) is 10.6 Å². The summed E-state index contributed by atoms with van der Waals surface area (Å²) in [7, 11) is 1.47. The number of hydrogen-bond donors (Lipinski definition) is 1. The molecule has 0 aliphatic heterocycles. The Hall–Kier alpha value is -1.52. The van der Waals surface area contributed by atoms with Gasteiger partial charge >= 0.3 is 5.95 Å². The number of hydrogen-bond acceptors (Lipinski definition) is 4. The molecule has 0 aromatic carbocycles. The summed E-state index contributed by atoms with van der Waals surface area (Å²) in [5.41, 5.74) is 0. The molecule has 0 radical (unpaired) electrons. The molecule has 0 unspecified atom stereocenters. The summed E-state index contributed by atoms with van der Waals surface area (Å²) >= 11 is 0. The molecule has 0 aliphatic rings. The van der Waals surface area contributed by atoms with Gasteiger partial charge in [0, 0.05) is 5.92 Å². The Bertz CT molecular complexity index is 293. The molecule has 13 heavy (non-hydrogen) atoms. The lowest BCUT2D eigenvalue weighted by Gasteiger charge is -2.02. The van der Waals surface area contributed by atoms with Crippen molar-refractivity contribution in [3.05, 3.63) is 6.07 Å². The quantitative estimate of drug-likeness (QED) is 0.768. The Morgan fingerprint density at radius 2 is 2.38 bits per heavy atom. The fraction of sp³-hybridized carbons (Fsp3) is 0.500. The Balaban J connectivity index is 2.59. The SMILES string of the molecule is COc1cc(NC(=O)C(C)C)no1. The van der Waals surface area contributed by atoms with Crippen molar-refractivity contribution in [2.24, 2.45) is 5.92 Å². The van der Waals surface area contributed by atoms with Crippen LogP contribution in [0.25, 0.3) is 0 Å². The first-order valence-electron chi connectivity index (χ1n) is 3.95. The maximum Gasteiger partial charge on any atom is 0.313 e. The number of rotatable bonds is 3. The first kappa shape index (κ1) is 9.57. The van der Waals surface area contributed by atoms with E-state index in [1.54, 1.807) is 13.8 Å². The number of nitrogens with one attached hydrogen (secondary N) is 1. The number of methoxy groups -OCH3 is 1. The second-order valence-corrected chi connectivity index (χ2v) is 2.88. The first-order valence-corrected chi connectivity index (χ1v) is 3.95. The highest BCUT2D eigenvalue weighted by molar-refractivity contribution is 5.91. The molecular weight excluding hydrogens is 172 g/mol. The lowest BCUT2D eigenvalue weighted by Crippen LogP contribution is -2.17. The van der Waals surface area contributed by atoms with Gasteiger partial charge in [0.15, 0.2) is 5.82 Å². The zero-order valence-electron chi connectivity index (χ0n) is 7.83. The number of ether oxygens (including phenoxy) is 1. The third-order valence-electron chi connectivity index (χ3n) is 1.47. The third-order valence-corrected chi connectivity index (χ3v) is 1.47. The van der Waals surface area contributed by atoms with Crippen molar-refractivity contribution in [2.45, 2.75) is 13.8 Å². The summed E-state index contributed by atoms with van der Waals surface area (Å²) in [5.74, 6) is 0.466. The lowest BCUT2D eigenvalue weighted by atomic mass is 10.2. The smallest absolute Gasteiger partial charge is 0.313 e. The average molecular weight is 184 g/mol. The second kappa shape index (κ2) is 3.93. The Morgan fingerprint density at radius 1 is 1.69 bits per heavy atom. The van der Waals surface area contributed by atoms with Crippen LogP contribution >= 0.6 is 0 Å². The normalized spacial score (nSPS) is 10.2. The highest BCUT2D eigenvalue weighted by Gasteiger charge is 2.10. The molecule has 1 amide bonds. The lowest BCUT2D eigenvalue weighted by molar-refractivity contribution is -0.118. The standard InChI is InChI=1S/C8H12N2O3/c1-5(2)8(11)9-6-4-7(12-3)13-10-6/h4-5H,1-3H3,(H,9,10,11). The Morgan fingerprint density at radius 3 is 2.85 bits per heavy atom. The molecule has 0 fully saturated rings. The number of amides is 1. The van der Waals surface area contributed by atoms with Gasteiger partial charge in [-0.05, 0) is 0 Å². The van der Waals surface area contributed by atoms with Gasteiger partial charge < -0.3 is 14.6 Å². The Kier molecular flexibility index (Phi) is 2.89. The summed E-state index contributed by atoms with van der Waals surface area (Å²) in [6, 6.07) is 1.51. The average Bonchev–Trinajstić information content (AvgIpc) is 2.52. The van der Waals surface area contributed by atoms with Gasteiger partial charge in [0.2, 0.25) is 5.91 Å². The van der Waals surface area contributed by atoms with Crippen molar-refractivity contribution < 1.29 is 14.1 Å². The van der Waals surface area contributed by atoms with Crippen LogP contribution in [-0.4, -0.2) is 18.2 Å². The van der Waals surface area contributed by atoms with Crippen LogP contribution in [0.2, 0.25) is 0 Å². The minimum absolute atomic E-state index is 0.0808. The van der Waals surface area contributed by atoms with E-state index in [-0.39, 0.29) is 17.8 Å². The summed E-state index contributed by atoms with van der Waals surface area (Å²) in [5, 5.41) is 6.15. The monoisotopic (exact) mass is 184 g/mol. The van der Waals surface area contributed by atoms with Crippen LogP contribution in [-0.2, 0) is 4.79 Å². The van der Waals surface area contributed by atoms with Crippen molar-refractivity contribution in [3.63, 3.8) is 0 Å². The maximum atomic E-state index is 11.2. The predicted octanol–water partition coefficient (Wildman–Crippen LogP) is 1.28. The summed E-state index contributed by atoms with van der Waals surface area (Å²) in [6.45, 7) is 3.60. The molecule has 0 bridgehead atoms. The van der Waals surface area contributed by atoms with Gasteiger partial charge in [-0.25, -0.2) is 0 Å². The van der Waals surface area contributed by atoms with E-state index in [1.807, 2.05) is 0 Å². The molecule has 1 rings (SSSR count). The molecule has 0 saturated heterocycles. The molecule has 5 nitrogen and oxygen atoms in total. The van der Waals surface area contributed by atoms with Crippen LogP contribution in [0.1, 0.15) is 13.8 Å². The van der Waals surface area contributed by atoms with E-state index in [9.17, 15) is 4.79 Å². The molecule has 0 spiro atoms. The van der Waals surface area contributed by atoms with Gasteiger partial charge in [-0.2, -0.15) is 0 Å². The third kappa shape index (κ3) is 2.47. The summed E-state index contributed by atoms with van der Waals surface area (Å²) in [4.78, 5) is 11.2. The topological polar surface area (TPSA) is 64.4 Å².